The summed E-state index contributed by atoms with van der Waals surface area (Å²) in [5, 5.41) is 4.36. The van der Waals surface area contributed by atoms with Crippen LogP contribution in [0.4, 0.5) is 5.13 Å². The van der Waals surface area contributed by atoms with E-state index in [0.717, 1.165) is 12.5 Å². The Kier molecular flexibility index (Phi) is 3.82. The van der Waals surface area contributed by atoms with Crippen molar-refractivity contribution in [2.75, 3.05) is 18.5 Å². The lowest BCUT2D eigenvalue weighted by Gasteiger charge is -2.25. The second-order valence-corrected chi connectivity index (χ2v) is 5.92. The quantitative estimate of drug-likeness (QED) is 0.826. The summed E-state index contributed by atoms with van der Waals surface area (Å²) in [5.74, 6) is 0.916. The number of aromatic nitrogens is 1. The SMILES string of the molecule is CNCc1cnc(N(CC2CC2)C(C)C)s1. The van der Waals surface area contributed by atoms with Crippen LogP contribution in [-0.2, 0) is 6.54 Å². The Balaban J connectivity index is 2.04. The molecule has 0 atom stereocenters. The third-order valence-electron chi connectivity index (χ3n) is 2.91. The lowest BCUT2D eigenvalue weighted by Crippen LogP contribution is -2.32. The van der Waals surface area contributed by atoms with E-state index in [1.54, 1.807) is 0 Å². The number of nitrogens with zero attached hydrogens (tertiary/aromatic N) is 2. The van der Waals surface area contributed by atoms with Crippen LogP contribution in [0.3, 0.4) is 0 Å². The van der Waals surface area contributed by atoms with E-state index >= 15 is 0 Å². The normalized spacial score (nSPS) is 15.8. The van der Waals surface area contributed by atoms with Gasteiger partial charge in [0.1, 0.15) is 0 Å². The maximum absolute atomic E-state index is 4.54. The van der Waals surface area contributed by atoms with Crippen molar-refractivity contribution in [1.29, 1.82) is 0 Å². The van der Waals surface area contributed by atoms with E-state index in [0.29, 0.717) is 6.04 Å². The molecule has 0 unspecified atom stereocenters. The third-order valence-corrected chi connectivity index (χ3v) is 3.95. The number of rotatable bonds is 6. The second-order valence-electron chi connectivity index (χ2n) is 4.83. The molecule has 1 aromatic rings. The van der Waals surface area contributed by atoms with Crippen molar-refractivity contribution in [2.45, 2.75) is 39.3 Å². The first kappa shape index (κ1) is 11.9. The summed E-state index contributed by atoms with van der Waals surface area (Å²) in [6, 6.07) is 0.550. The highest BCUT2D eigenvalue weighted by Gasteiger charge is 2.26. The first-order valence-electron chi connectivity index (χ1n) is 6.06. The minimum absolute atomic E-state index is 0.550. The molecule has 2 rings (SSSR count). The van der Waals surface area contributed by atoms with Gasteiger partial charge in [-0.15, -0.1) is 11.3 Å². The first-order valence-corrected chi connectivity index (χ1v) is 6.88. The monoisotopic (exact) mass is 239 g/mol. The zero-order valence-electron chi connectivity index (χ0n) is 10.4. The molecule has 1 fully saturated rings. The number of hydrogen-bond donors (Lipinski definition) is 1. The minimum Gasteiger partial charge on any atom is -0.345 e. The van der Waals surface area contributed by atoms with E-state index in [4.69, 9.17) is 0 Å². The maximum atomic E-state index is 4.54. The van der Waals surface area contributed by atoms with Crippen LogP contribution in [0.15, 0.2) is 6.20 Å². The summed E-state index contributed by atoms with van der Waals surface area (Å²) in [4.78, 5) is 8.31. The van der Waals surface area contributed by atoms with Gasteiger partial charge in [0, 0.05) is 30.2 Å². The van der Waals surface area contributed by atoms with Crippen LogP contribution in [0.5, 0.6) is 0 Å². The van der Waals surface area contributed by atoms with Crippen LogP contribution >= 0.6 is 11.3 Å². The number of nitrogens with one attached hydrogen (secondary N) is 1. The molecule has 0 radical (unpaired) electrons. The largest absolute Gasteiger partial charge is 0.345 e. The van der Waals surface area contributed by atoms with Crippen molar-refractivity contribution in [3.05, 3.63) is 11.1 Å². The molecule has 0 amide bonds. The summed E-state index contributed by atoms with van der Waals surface area (Å²) in [7, 11) is 1.98. The Morgan fingerprint density at radius 2 is 2.31 bits per heavy atom. The molecule has 3 nitrogen and oxygen atoms in total. The predicted octanol–water partition coefficient (Wildman–Crippen LogP) is 2.49. The average Bonchev–Trinajstić information content (AvgIpc) is 2.95. The molecule has 1 aliphatic carbocycles. The molecule has 1 saturated carbocycles. The van der Waals surface area contributed by atoms with Crippen LogP contribution < -0.4 is 10.2 Å². The first-order chi connectivity index (χ1) is 7.70. The fourth-order valence-electron chi connectivity index (χ4n) is 1.77. The lowest BCUT2D eigenvalue weighted by atomic mass is 10.3. The van der Waals surface area contributed by atoms with Gasteiger partial charge in [-0.2, -0.15) is 0 Å². The minimum atomic E-state index is 0.550. The molecule has 0 aliphatic heterocycles. The van der Waals surface area contributed by atoms with Crippen LogP contribution in [0.1, 0.15) is 31.6 Å². The zero-order valence-corrected chi connectivity index (χ0v) is 11.2. The molecule has 1 N–H and O–H groups in total. The highest BCUT2D eigenvalue weighted by molar-refractivity contribution is 7.15. The van der Waals surface area contributed by atoms with Gasteiger partial charge >= 0.3 is 0 Å². The van der Waals surface area contributed by atoms with Crippen molar-refractivity contribution in [2.24, 2.45) is 5.92 Å². The van der Waals surface area contributed by atoms with Crippen LogP contribution in [-0.4, -0.2) is 24.6 Å². The summed E-state index contributed by atoms with van der Waals surface area (Å²) >= 11 is 1.82. The summed E-state index contributed by atoms with van der Waals surface area (Å²) in [6.45, 7) is 6.61. The van der Waals surface area contributed by atoms with Gasteiger partial charge in [0.2, 0.25) is 0 Å². The number of anilines is 1. The van der Waals surface area contributed by atoms with Gasteiger partial charge in [-0.3, -0.25) is 0 Å². The Morgan fingerprint density at radius 1 is 1.56 bits per heavy atom. The summed E-state index contributed by atoms with van der Waals surface area (Å²) in [5.41, 5.74) is 0. The molecule has 1 heterocycles. The molecular weight excluding hydrogens is 218 g/mol. The third kappa shape index (κ3) is 2.95. The average molecular weight is 239 g/mol. The molecule has 4 heteroatoms. The smallest absolute Gasteiger partial charge is 0.185 e. The Morgan fingerprint density at radius 3 is 2.88 bits per heavy atom. The second kappa shape index (κ2) is 5.15. The summed E-state index contributed by atoms with van der Waals surface area (Å²) in [6.07, 6.45) is 4.80. The van der Waals surface area contributed by atoms with Crippen molar-refractivity contribution in [1.82, 2.24) is 10.3 Å². The van der Waals surface area contributed by atoms with Gasteiger partial charge in [-0.25, -0.2) is 4.98 Å². The molecule has 0 saturated heterocycles. The summed E-state index contributed by atoms with van der Waals surface area (Å²) < 4.78 is 0. The van der Waals surface area contributed by atoms with Gasteiger partial charge < -0.3 is 10.2 Å². The van der Waals surface area contributed by atoms with Crippen LogP contribution in [0, 0.1) is 5.92 Å². The Hall–Kier alpha value is -0.610. The molecule has 1 aromatic heterocycles. The Labute approximate surface area is 102 Å². The molecule has 90 valence electrons. The van der Waals surface area contributed by atoms with Crippen molar-refractivity contribution < 1.29 is 0 Å². The molecule has 16 heavy (non-hydrogen) atoms. The van der Waals surface area contributed by atoms with Crippen LogP contribution in [0.25, 0.3) is 0 Å². The van der Waals surface area contributed by atoms with Gasteiger partial charge in [-0.05, 0) is 39.7 Å². The molecule has 0 bridgehead atoms. The highest BCUT2D eigenvalue weighted by Crippen LogP contribution is 2.33. The van der Waals surface area contributed by atoms with Gasteiger partial charge in [0.15, 0.2) is 5.13 Å². The zero-order chi connectivity index (χ0) is 11.5. The Bertz CT molecular complexity index is 331. The van der Waals surface area contributed by atoms with Crippen molar-refractivity contribution >= 4 is 16.5 Å². The fraction of sp³-hybridized carbons (Fsp3) is 0.750. The van der Waals surface area contributed by atoms with Gasteiger partial charge in [-0.1, -0.05) is 0 Å². The van der Waals surface area contributed by atoms with Crippen molar-refractivity contribution in [3.8, 4) is 0 Å². The number of thiazole rings is 1. The number of hydrogen-bond acceptors (Lipinski definition) is 4. The van der Waals surface area contributed by atoms with E-state index in [1.807, 2.05) is 24.6 Å². The van der Waals surface area contributed by atoms with E-state index in [9.17, 15) is 0 Å². The van der Waals surface area contributed by atoms with E-state index in [2.05, 4.69) is 29.0 Å². The molecule has 0 aromatic carbocycles. The lowest BCUT2D eigenvalue weighted by molar-refractivity contribution is 0.643. The van der Waals surface area contributed by atoms with E-state index in [1.165, 1.54) is 29.4 Å². The standard InChI is InChI=1S/C12H21N3S/c1-9(2)15(8-10-4-5-10)12-14-7-11(16-12)6-13-3/h7,9-10,13H,4-6,8H2,1-3H3. The molecular formula is C12H21N3S. The van der Waals surface area contributed by atoms with Crippen LogP contribution in [0.2, 0.25) is 0 Å². The van der Waals surface area contributed by atoms with E-state index in [-0.39, 0.29) is 0 Å². The van der Waals surface area contributed by atoms with Gasteiger partial charge in [0.25, 0.3) is 0 Å². The van der Waals surface area contributed by atoms with E-state index < -0.39 is 0 Å². The maximum Gasteiger partial charge on any atom is 0.185 e. The van der Waals surface area contributed by atoms with Gasteiger partial charge in [0.05, 0.1) is 0 Å². The fourth-order valence-corrected chi connectivity index (χ4v) is 2.84. The molecule has 0 spiro atoms. The predicted molar refractivity (Wildman–Crippen MR) is 70.1 cm³/mol. The van der Waals surface area contributed by atoms with Crippen molar-refractivity contribution in [3.63, 3.8) is 0 Å². The highest BCUT2D eigenvalue weighted by atomic mass is 32.1. The molecule has 1 aliphatic rings. The topological polar surface area (TPSA) is 28.2 Å².